The summed E-state index contributed by atoms with van der Waals surface area (Å²) in [6.07, 6.45) is 6.79. The lowest BCUT2D eigenvalue weighted by atomic mass is 10.1. The first-order valence-electron chi connectivity index (χ1n) is 7.58. The van der Waals surface area contributed by atoms with Crippen LogP contribution in [0.15, 0.2) is 24.4 Å². The molecule has 20 heavy (non-hydrogen) atoms. The second-order valence-corrected chi connectivity index (χ2v) is 5.68. The van der Waals surface area contributed by atoms with E-state index in [1.165, 1.54) is 25.8 Å². The van der Waals surface area contributed by atoms with E-state index in [0.29, 0.717) is 12.1 Å². The molecule has 0 spiro atoms. The fraction of sp³-hybridized carbons (Fsp3) is 0.600. The highest BCUT2D eigenvalue weighted by atomic mass is 15.2. The molecule has 2 N–H and O–H groups in total. The first-order chi connectivity index (χ1) is 9.83. The van der Waals surface area contributed by atoms with Crippen LogP contribution >= 0.6 is 0 Å². The molecule has 0 bridgehead atoms. The van der Waals surface area contributed by atoms with Crippen LogP contribution in [0.25, 0.3) is 5.65 Å². The minimum atomic E-state index is 0.546. The van der Waals surface area contributed by atoms with Crippen LogP contribution in [0.5, 0.6) is 0 Å². The molecule has 2 atom stereocenters. The van der Waals surface area contributed by atoms with Crippen molar-refractivity contribution < 1.29 is 0 Å². The van der Waals surface area contributed by atoms with Crippen LogP contribution in [0.4, 0.5) is 0 Å². The number of pyridine rings is 1. The van der Waals surface area contributed by atoms with Gasteiger partial charge in [-0.15, -0.1) is 10.2 Å². The molecule has 0 radical (unpaired) electrons. The van der Waals surface area contributed by atoms with E-state index in [1.807, 2.05) is 24.4 Å². The molecule has 1 aliphatic rings. The highest BCUT2D eigenvalue weighted by Gasteiger charge is 2.16. The van der Waals surface area contributed by atoms with Gasteiger partial charge in [0.2, 0.25) is 0 Å². The van der Waals surface area contributed by atoms with Crippen molar-refractivity contribution in [3.63, 3.8) is 0 Å². The van der Waals surface area contributed by atoms with Gasteiger partial charge in [-0.05, 0) is 44.9 Å². The van der Waals surface area contributed by atoms with Crippen LogP contribution in [0.2, 0.25) is 0 Å². The number of rotatable bonds is 6. The zero-order valence-corrected chi connectivity index (χ0v) is 12.0. The smallest absolute Gasteiger partial charge is 0.160 e. The third-order valence-corrected chi connectivity index (χ3v) is 4.03. The summed E-state index contributed by atoms with van der Waals surface area (Å²) in [5, 5.41) is 15.6. The summed E-state index contributed by atoms with van der Waals surface area (Å²) in [5.41, 5.74) is 0.922. The molecule has 2 aromatic heterocycles. The number of hydrogen-bond donors (Lipinski definition) is 2. The maximum absolute atomic E-state index is 4.26. The number of nitrogens with one attached hydrogen (secondary N) is 2. The van der Waals surface area contributed by atoms with E-state index in [-0.39, 0.29) is 0 Å². The van der Waals surface area contributed by atoms with Crippen LogP contribution in [0, 0.1) is 0 Å². The molecule has 1 fully saturated rings. The number of hydrogen-bond acceptors (Lipinski definition) is 4. The van der Waals surface area contributed by atoms with Gasteiger partial charge in [-0.3, -0.25) is 4.40 Å². The normalized spacial score (nSPS) is 20.6. The van der Waals surface area contributed by atoms with Crippen LogP contribution in [-0.4, -0.2) is 39.8 Å². The molecule has 3 rings (SSSR count). The largest absolute Gasteiger partial charge is 0.314 e. The van der Waals surface area contributed by atoms with E-state index in [1.54, 1.807) is 0 Å². The lowest BCUT2D eigenvalue weighted by Gasteiger charge is -2.18. The van der Waals surface area contributed by atoms with E-state index in [2.05, 4.69) is 32.2 Å². The zero-order valence-electron chi connectivity index (χ0n) is 12.0. The number of aromatic nitrogens is 3. The second kappa shape index (κ2) is 6.33. The highest BCUT2D eigenvalue weighted by Crippen LogP contribution is 2.10. The lowest BCUT2D eigenvalue weighted by Crippen LogP contribution is -2.35. The van der Waals surface area contributed by atoms with Crippen LogP contribution in [0.3, 0.4) is 0 Å². The van der Waals surface area contributed by atoms with Gasteiger partial charge in [0.15, 0.2) is 5.65 Å². The minimum Gasteiger partial charge on any atom is -0.314 e. The molecule has 5 nitrogen and oxygen atoms in total. The third kappa shape index (κ3) is 3.16. The van der Waals surface area contributed by atoms with Crippen molar-refractivity contribution >= 4 is 5.65 Å². The minimum absolute atomic E-state index is 0.546. The quantitative estimate of drug-likeness (QED) is 0.835. The van der Waals surface area contributed by atoms with E-state index >= 15 is 0 Å². The third-order valence-electron chi connectivity index (χ3n) is 4.03. The Hall–Kier alpha value is -1.46. The van der Waals surface area contributed by atoms with Gasteiger partial charge in [0.05, 0.1) is 0 Å². The van der Waals surface area contributed by atoms with Gasteiger partial charge in [-0.25, -0.2) is 0 Å². The average Bonchev–Trinajstić information content (AvgIpc) is 3.09. The average molecular weight is 273 g/mol. The van der Waals surface area contributed by atoms with Gasteiger partial charge in [-0.1, -0.05) is 6.07 Å². The maximum Gasteiger partial charge on any atom is 0.160 e. The summed E-state index contributed by atoms with van der Waals surface area (Å²) in [4.78, 5) is 0. The first kappa shape index (κ1) is 13.5. The monoisotopic (exact) mass is 273 g/mol. The topological polar surface area (TPSA) is 54.2 Å². The van der Waals surface area contributed by atoms with Crippen molar-refractivity contribution in [2.75, 3.05) is 13.1 Å². The molecule has 108 valence electrons. The van der Waals surface area contributed by atoms with Crippen molar-refractivity contribution in [3.8, 4) is 0 Å². The summed E-state index contributed by atoms with van der Waals surface area (Å²) in [7, 11) is 0. The lowest BCUT2D eigenvalue weighted by molar-refractivity contribution is 0.441. The Labute approximate surface area is 119 Å². The molecule has 0 aliphatic carbocycles. The SMILES string of the molecule is CC(CC1CCCN1)NCCc1nnc2ccccn12. The van der Waals surface area contributed by atoms with E-state index in [0.717, 1.165) is 24.4 Å². The molecule has 3 heterocycles. The van der Waals surface area contributed by atoms with Gasteiger partial charge >= 0.3 is 0 Å². The fourth-order valence-electron chi connectivity index (χ4n) is 2.96. The maximum atomic E-state index is 4.26. The molecule has 0 saturated carbocycles. The Morgan fingerprint density at radius 1 is 1.45 bits per heavy atom. The number of nitrogens with zero attached hydrogens (tertiary/aromatic N) is 3. The zero-order chi connectivity index (χ0) is 13.8. The van der Waals surface area contributed by atoms with Crippen molar-refractivity contribution in [2.24, 2.45) is 0 Å². The standard InChI is InChI=1S/C15H23N5/c1-12(11-13-5-4-8-17-13)16-9-7-15-19-18-14-6-2-3-10-20(14)15/h2-3,6,10,12-13,16-17H,4-5,7-9,11H2,1H3. The highest BCUT2D eigenvalue weighted by molar-refractivity contribution is 5.36. The Morgan fingerprint density at radius 3 is 3.25 bits per heavy atom. The molecule has 5 heteroatoms. The van der Waals surface area contributed by atoms with E-state index in [9.17, 15) is 0 Å². The van der Waals surface area contributed by atoms with Gasteiger partial charge in [0.1, 0.15) is 5.82 Å². The fourth-order valence-corrected chi connectivity index (χ4v) is 2.96. The first-order valence-corrected chi connectivity index (χ1v) is 7.58. The molecular weight excluding hydrogens is 250 g/mol. The molecule has 1 aliphatic heterocycles. The summed E-state index contributed by atoms with van der Waals surface area (Å²) in [5.74, 6) is 1.03. The Balaban J connectivity index is 1.47. The van der Waals surface area contributed by atoms with Crippen molar-refractivity contribution in [2.45, 2.75) is 44.7 Å². The van der Waals surface area contributed by atoms with Gasteiger partial charge in [0.25, 0.3) is 0 Å². The molecule has 0 amide bonds. The summed E-state index contributed by atoms with van der Waals surface area (Å²) < 4.78 is 2.06. The second-order valence-electron chi connectivity index (χ2n) is 5.68. The molecule has 1 saturated heterocycles. The van der Waals surface area contributed by atoms with Crippen LogP contribution < -0.4 is 10.6 Å². The Bertz CT molecular complexity index is 544. The van der Waals surface area contributed by atoms with Gasteiger partial charge in [-0.2, -0.15) is 0 Å². The molecule has 2 unspecified atom stereocenters. The molecule has 0 aromatic carbocycles. The van der Waals surface area contributed by atoms with Crippen LogP contribution in [0.1, 0.15) is 32.0 Å². The summed E-state index contributed by atoms with van der Waals surface area (Å²) in [6.45, 7) is 4.40. The Kier molecular flexibility index (Phi) is 4.28. The van der Waals surface area contributed by atoms with Crippen LogP contribution in [-0.2, 0) is 6.42 Å². The summed E-state index contributed by atoms with van der Waals surface area (Å²) >= 11 is 0. The van der Waals surface area contributed by atoms with Crippen molar-refractivity contribution in [1.29, 1.82) is 0 Å². The van der Waals surface area contributed by atoms with Crippen molar-refractivity contribution in [1.82, 2.24) is 25.2 Å². The number of fused-ring (bicyclic) bond motifs is 1. The Morgan fingerprint density at radius 2 is 2.40 bits per heavy atom. The predicted molar refractivity (Wildman–Crippen MR) is 79.8 cm³/mol. The van der Waals surface area contributed by atoms with E-state index < -0.39 is 0 Å². The van der Waals surface area contributed by atoms with E-state index in [4.69, 9.17) is 0 Å². The summed E-state index contributed by atoms with van der Waals surface area (Å²) in [6, 6.07) is 7.24. The predicted octanol–water partition coefficient (Wildman–Crippen LogP) is 1.39. The van der Waals surface area contributed by atoms with Crippen molar-refractivity contribution in [3.05, 3.63) is 30.2 Å². The molecule has 2 aromatic rings. The van der Waals surface area contributed by atoms with Gasteiger partial charge in [0, 0.05) is 31.2 Å². The van der Waals surface area contributed by atoms with Gasteiger partial charge < -0.3 is 10.6 Å². The molecular formula is C15H23N5.